The molecule has 126 valence electrons. The third-order valence-corrected chi connectivity index (χ3v) is 3.47. The molecule has 0 aliphatic heterocycles. The number of nitrogens with one attached hydrogen (secondary N) is 2. The monoisotopic (exact) mass is 330 g/mol. The maximum absolute atomic E-state index is 12.1. The van der Waals surface area contributed by atoms with Gasteiger partial charge in [0.2, 0.25) is 0 Å². The van der Waals surface area contributed by atoms with E-state index in [0.717, 1.165) is 16.2 Å². The van der Waals surface area contributed by atoms with E-state index >= 15 is 0 Å². The van der Waals surface area contributed by atoms with Crippen LogP contribution in [0.5, 0.6) is 5.75 Å². The number of nitro benzene ring substituents is 1. The van der Waals surface area contributed by atoms with Crippen molar-refractivity contribution in [3.8, 4) is 5.75 Å². The van der Waals surface area contributed by atoms with E-state index in [0.29, 0.717) is 12.2 Å². The molecule has 0 aromatic heterocycles. The molecule has 1 atom stereocenters. The highest BCUT2D eigenvalue weighted by Crippen LogP contribution is 2.16. The number of non-ortho nitro benzene ring substituents is 1. The van der Waals surface area contributed by atoms with Gasteiger partial charge in [0.15, 0.2) is 6.54 Å². The summed E-state index contributed by atoms with van der Waals surface area (Å²) in [5, 5.41) is 13.4. The van der Waals surface area contributed by atoms with Crippen LogP contribution in [0, 0.1) is 10.1 Å². The van der Waals surface area contributed by atoms with Crippen molar-refractivity contribution in [1.29, 1.82) is 0 Å². The number of nitrogens with zero attached hydrogens (tertiary/aromatic N) is 1. The number of carbonyl (C=O) groups is 1. The van der Waals surface area contributed by atoms with Gasteiger partial charge in [0.25, 0.3) is 11.6 Å². The molecule has 0 saturated heterocycles. The van der Waals surface area contributed by atoms with E-state index in [4.69, 9.17) is 4.74 Å². The van der Waals surface area contributed by atoms with Gasteiger partial charge in [0, 0.05) is 23.4 Å². The first-order valence-electron chi connectivity index (χ1n) is 7.46. The molecule has 2 aromatic rings. The highest BCUT2D eigenvalue weighted by molar-refractivity contribution is 5.91. The molecule has 0 spiro atoms. The van der Waals surface area contributed by atoms with Gasteiger partial charge in [-0.2, -0.15) is 0 Å². The molecule has 2 rings (SSSR count). The van der Waals surface area contributed by atoms with E-state index in [1.807, 2.05) is 31.3 Å². The summed E-state index contributed by atoms with van der Waals surface area (Å²) in [6, 6.07) is 13.6. The summed E-state index contributed by atoms with van der Waals surface area (Å²) in [5.41, 5.74) is 1.47. The van der Waals surface area contributed by atoms with Crippen LogP contribution < -0.4 is 15.0 Å². The molecule has 1 amide bonds. The second-order valence-corrected chi connectivity index (χ2v) is 5.51. The number of likely N-dealkylation sites (N-methyl/N-ethyl adjacent to an activating group) is 1. The Kier molecular flexibility index (Phi) is 5.86. The summed E-state index contributed by atoms with van der Waals surface area (Å²) in [6.07, 6.45) is 0. The van der Waals surface area contributed by atoms with Crippen molar-refractivity contribution >= 4 is 17.3 Å². The fourth-order valence-electron chi connectivity index (χ4n) is 2.33. The number of hydrogen-bond acceptors (Lipinski definition) is 4. The van der Waals surface area contributed by atoms with E-state index in [9.17, 15) is 14.9 Å². The first-order valence-corrected chi connectivity index (χ1v) is 7.46. The van der Waals surface area contributed by atoms with Crippen LogP contribution >= 0.6 is 0 Å². The predicted molar refractivity (Wildman–Crippen MR) is 90.2 cm³/mol. The van der Waals surface area contributed by atoms with Crippen molar-refractivity contribution in [2.45, 2.75) is 6.54 Å². The number of hydrogen-bond donors (Lipinski definition) is 2. The zero-order valence-electron chi connectivity index (χ0n) is 13.6. The third-order valence-electron chi connectivity index (χ3n) is 3.47. The number of amides is 1. The summed E-state index contributed by atoms with van der Waals surface area (Å²) >= 11 is 0. The molecule has 0 saturated carbocycles. The lowest BCUT2D eigenvalue weighted by Gasteiger charge is -2.14. The molecule has 1 unspecified atom stereocenters. The Morgan fingerprint density at radius 2 is 1.96 bits per heavy atom. The molecule has 0 aliphatic rings. The number of carbonyl (C=O) groups excluding carboxylic acids is 1. The normalized spacial score (nSPS) is 11.6. The van der Waals surface area contributed by atoms with Gasteiger partial charge in [-0.25, -0.2) is 0 Å². The fourth-order valence-corrected chi connectivity index (χ4v) is 2.33. The van der Waals surface area contributed by atoms with Gasteiger partial charge < -0.3 is 15.0 Å². The molecular formula is C17H20N3O4+. The molecule has 2 aromatic carbocycles. The zero-order chi connectivity index (χ0) is 17.5. The Bertz CT molecular complexity index is 716. The number of quaternary nitrogens is 1. The standard InChI is InChI=1S/C17H19N3O4/c1-19(11-13-6-8-16(24-2)9-7-13)12-17(21)18-14-4-3-5-15(10-14)20(22)23/h3-10H,11-12H2,1-2H3,(H,18,21)/p+1. The summed E-state index contributed by atoms with van der Waals surface area (Å²) in [6.45, 7) is 0.946. The molecule has 0 heterocycles. The highest BCUT2D eigenvalue weighted by atomic mass is 16.6. The summed E-state index contributed by atoms with van der Waals surface area (Å²) in [5.74, 6) is 0.598. The lowest BCUT2D eigenvalue weighted by atomic mass is 10.2. The number of nitro groups is 1. The number of ether oxygens (including phenoxy) is 1. The molecule has 7 heteroatoms. The first kappa shape index (κ1) is 17.4. The SMILES string of the molecule is COc1ccc(C[NH+](C)CC(=O)Nc2cccc([N+](=O)[O-])c2)cc1. The molecule has 0 radical (unpaired) electrons. The maximum atomic E-state index is 12.1. The highest BCUT2D eigenvalue weighted by Gasteiger charge is 2.13. The minimum absolute atomic E-state index is 0.0493. The first-order chi connectivity index (χ1) is 11.5. The Labute approximate surface area is 140 Å². The number of anilines is 1. The van der Waals surface area contributed by atoms with Crippen LogP contribution in [0.25, 0.3) is 0 Å². The molecule has 7 nitrogen and oxygen atoms in total. The van der Waals surface area contributed by atoms with Crippen molar-refractivity contribution in [2.75, 3.05) is 26.0 Å². The smallest absolute Gasteiger partial charge is 0.279 e. The summed E-state index contributed by atoms with van der Waals surface area (Å²) in [4.78, 5) is 23.3. The molecule has 0 aliphatic carbocycles. The van der Waals surface area contributed by atoms with Crippen molar-refractivity contribution < 1.29 is 19.4 Å². The van der Waals surface area contributed by atoms with Crippen molar-refractivity contribution in [3.05, 3.63) is 64.2 Å². The second-order valence-electron chi connectivity index (χ2n) is 5.51. The fraction of sp³-hybridized carbons (Fsp3) is 0.235. The van der Waals surface area contributed by atoms with Crippen molar-refractivity contribution in [2.24, 2.45) is 0 Å². The van der Waals surface area contributed by atoms with Gasteiger partial charge in [-0.1, -0.05) is 6.07 Å². The van der Waals surface area contributed by atoms with Crippen LogP contribution in [0.3, 0.4) is 0 Å². The third kappa shape index (κ3) is 5.06. The Balaban J connectivity index is 1.89. The van der Waals surface area contributed by atoms with E-state index in [1.165, 1.54) is 12.1 Å². The minimum atomic E-state index is -0.489. The quantitative estimate of drug-likeness (QED) is 0.591. The van der Waals surface area contributed by atoms with Crippen LogP contribution in [-0.2, 0) is 11.3 Å². The van der Waals surface area contributed by atoms with Crippen LogP contribution in [0.1, 0.15) is 5.56 Å². The Hall–Kier alpha value is -2.93. The predicted octanol–water partition coefficient (Wildman–Crippen LogP) is 1.26. The Morgan fingerprint density at radius 3 is 2.58 bits per heavy atom. The molecular weight excluding hydrogens is 310 g/mol. The van der Waals surface area contributed by atoms with Gasteiger partial charge >= 0.3 is 0 Å². The van der Waals surface area contributed by atoms with Gasteiger partial charge in [0.1, 0.15) is 12.3 Å². The zero-order valence-corrected chi connectivity index (χ0v) is 13.6. The Morgan fingerprint density at radius 1 is 1.25 bits per heavy atom. The summed E-state index contributed by atoms with van der Waals surface area (Å²) < 4.78 is 5.11. The van der Waals surface area contributed by atoms with Crippen LogP contribution in [0.2, 0.25) is 0 Å². The van der Waals surface area contributed by atoms with Gasteiger partial charge in [-0.15, -0.1) is 0 Å². The lowest BCUT2D eigenvalue weighted by Crippen LogP contribution is -3.08. The number of benzene rings is 2. The maximum Gasteiger partial charge on any atom is 0.279 e. The summed E-state index contributed by atoms with van der Waals surface area (Å²) in [7, 11) is 3.53. The minimum Gasteiger partial charge on any atom is -0.497 e. The second kappa shape index (κ2) is 8.07. The van der Waals surface area contributed by atoms with E-state index < -0.39 is 4.92 Å². The largest absolute Gasteiger partial charge is 0.497 e. The van der Waals surface area contributed by atoms with Gasteiger partial charge in [-0.3, -0.25) is 14.9 Å². The van der Waals surface area contributed by atoms with E-state index in [1.54, 1.807) is 19.2 Å². The average Bonchev–Trinajstić information content (AvgIpc) is 2.55. The van der Waals surface area contributed by atoms with E-state index in [-0.39, 0.29) is 18.1 Å². The van der Waals surface area contributed by atoms with Gasteiger partial charge in [-0.05, 0) is 30.3 Å². The molecule has 0 bridgehead atoms. The topological polar surface area (TPSA) is 85.9 Å². The molecule has 2 N–H and O–H groups in total. The van der Waals surface area contributed by atoms with Crippen LogP contribution in [0.4, 0.5) is 11.4 Å². The number of rotatable bonds is 7. The van der Waals surface area contributed by atoms with Crippen LogP contribution in [-0.4, -0.2) is 31.5 Å². The van der Waals surface area contributed by atoms with E-state index in [2.05, 4.69) is 5.32 Å². The molecule has 0 fully saturated rings. The molecule has 24 heavy (non-hydrogen) atoms. The lowest BCUT2D eigenvalue weighted by molar-refractivity contribution is -0.885. The number of methoxy groups -OCH3 is 1. The van der Waals surface area contributed by atoms with Crippen molar-refractivity contribution in [3.63, 3.8) is 0 Å². The van der Waals surface area contributed by atoms with Crippen LogP contribution in [0.15, 0.2) is 48.5 Å². The average molecular weight is 330 g/mol. The van der Waals surface area contributed by atoms with Crippen molar-refractivity contribution in [1.82, 2.24) is 0 Å². The van der Waals surface area contributed by atoms with Gasteiger partial charge in [0.05, 0.1) is 19.1 Å².